The lowest BCUT2D eigenvalue weighted by Gasteiger charge is -2.26. The number of ether oxygens (including phenoxy) is 1. The smallest absolute Gasteiger partial charge is 0.271 e. The number of methoxy groups -OCH3 is 1. The van der Waals surface area contributed by atoms with Crippen molar-refractivity contribution in [2.75, 3.05) is 12.6 Å². The third kappa shape index (κ3) is 4.78. The number of hydrogen-bond donors (Lipinski definition) is 2. The van der Waals surface area contributed by atoms with Crippen LogP contribution in [0.4, 0.5) is 10.1 Å². The summed E-state index contributed by atoms with van der Waals surface area (Å²) in [7, 11) is 1.56. The molecule has 0 aliphatic carbocycles. The molecule has 4 aromatic carbocycles. The van der Waals surface area contributed by atoms with Crippen LogP contribution in [0.15, 0.2) is 88.5 Å². The minimum absolute atomic E-state index is 0.0522. The molecule has 2 atom stereocenters. The van der Waals surface area contributed by atoms with Crippen molar-refractivity contribution >= 4 is 5.69 Å². The van der Waals surface area contributed by atoms with Gasteiger partial charge in [-0.25, -0.2) is 9.87 Å². The fraction of sp³-hybridized carbons (Fsp3) is 0.154. The minimum Gasteiger partial charge on any atom is -0.497 e. The molecule has 6 nitrogen and oxygen atoms in total. The van der Waals surface area contributed by atoms with Crippen LogP contribution in [0.3, 0.4) is 0 Å². The lowest BCUT2D eigenvalue weighted by Crippen LogP contribution is -2.43. The van der Waals surface area contributed by atoms with Crippen LogP contribution >= 0.6 is 0 Å². The van der Waals surface area contributed by atoms with Crippen LogP contribution in [0.25, 0.3) is 0 Å². The van der Waals surface area contributed by atoms with E-state index >= 15 is 0 Å². The topological polar surface area (TPSA) is 76.7 Å². The van der Waals surface area contributed by atoms with E-state index in [4.69, 9.17) is 9.57 Å². The molecule has 0 amide bonds. The van der Waals surface area contributed by atoms with Crippen LogP contribution in [0.5, 0.6) is 11.5 Å². The van der Waals surface area contributed by atoms with Gasteiger partial charge in [-0.05, 0) is 54.4 Å². The number of hydrogen-bond acceptors (Lipinski definition) is 6. The lowest BCUT2D eigenvalue weighted by atomic mass is 9.92. The zero-order chi connectivity index (χ0) is 23.4. The number of benzene rings is 3. The summed E-state index contributed by atoms with van der Waals surface area (Å²) in [6.45, 7) is 1.86. The Morgan fingerprint density at radius 3 is 2.24 bits per heavy atom. The second kappa shape index (κ2) is 9.67. The SMILES string of the molecule is COc1ccc(C(N[C@H](C)c2cccc(F)c2)c2c(ONc3ccccc3)c(=O)c2=O)cc1. The molecule has 0 fully saturated rings. The first-order chi connectivity index (χ1) is 16.0. The van der Waals surface area contributed by atoms with Crippen LogP contribution < -0.4 is 31.2 Å². The van der Waals surface area contributed by atoms with Crippen molar-refractivity contribution < 1.29 is 14.0 Å². The fourth-order valence-electron chi connectivity index (χ4n) is 3.63. The first-order valence-electron chi connectivity index (χ1n) is 10.4. The highest BCUT2D eigenvalue weighted by molar-refractivity contribution is 5.49. The van der Waals surface area contributed by atoms with Crippen molar-refractivity contribution in [3.63, 3.8) is 0 Å². The Balaban J connectivity index is 1.68. The highest BCUT2D eigenvalue weighted by atomic mass is 19.1. The molecular weight excluding hydrogens is 423 g/mol. The number of anilines is 1. The number of halogens is 1. The van der Waals surface area contributed by atoms with E-state index in [-0.39, 0.29) is 23.2 Å². The first-order valence-corrected chi connectivity index (χ1v) is 10.4. The molecule has 0 saturated heterocycles. The van der Waals surface area contributed by atoms with Crippen molar-refractivity contribution in [3.8, 4) is 11.5 Å². The molecule has 4 rings (SSSR count). The van der Waals surface area contributed by atoms with Crippen LogP contribution in [0, 0.1) is 5.82 Å². The summed E-state index contributed by atoms with van der Waals surface area (Å²) in [5.74, 6) is 0.249. The second-order valence-corrected chi connectivity index (χ2v) is 7.62. The molecule has 0 radical (unpaired) electrons. The molecule has 0 heterocycles. The summed E-state index contributed by atoms with van der Waals surface area (Å²) in [6.07, 6.45) is 0. The lowest BCUT2D eigenvalue weighted by molar-refractivity contribution is 0.379. The highest BCUT2D eigenvalue weighted by Crippen LogP contribution is 2.31. The van der Waals surface area contributed by atoms with Gasteiger partial charge in [-0.15, -0.1) is 0 Å². The highest BCUT2D eigenvalue weighted by Gasteiger charge is 2.32. The summed E-state index contributed by atoms with van der Waals surface area (Å²) in [6, 6.07) is 21.4. The average molecular weight is 446 g/mol. The quantitative estimate of drug-likeness (QED) is 0.295. The molecular formula is C26H23FN2O4. The molecule has 4 aromatic rings. The summed E-state index contributed by atoms with van der Waals surface area (Å²) in [4.78, 5) is 30.6. The number of rotatable bonds is 9. The minimum atomic E-state index is -0.702. The predicted molar refractivity (Wildman–Crippen MR) is 125 cm³/mol. The van der Waals surface area contributed by atoms with Crippen LogP contribution in [-0.2, 0) is 0 Å². The van der Waals surface area contributed by atoms with Gasteiger partial charge in [-0.1, -0.05) is 42.5 Å². The van der Waals surface area contributed by atoms with Gasteiger partial charge >= 0.3 is 0 Å². The molecule has 168 valence electrons. The Morgan fingerprint density at radius 2 is 1.58 bits per heavy atom. The molecule has 0 spiro atoms. The maximum Gasteiger partial charge on any atom is 0.271 e. The molecule has 0 aliphatic rings. The van der Waals surface area contributed by atoms with E-state index in [9.17, 15) is 14.0 Å². The Kier molecular flexibility index (Phi) is 6.51. The predicted octanol–water partition coefficient (Wildman–Crippen LogP) is 4.28. The first kappa shape index (κ1) is 22.2. The van der Waals surface area contributed by atoms with E-state index in [1.807, 2.05) is 25.1 Å². The van der Waals surface area contributed by atoms with Crippen molar-refractivity contribution in [3.05, 3.63) is 122 Å². The molecule has 0 bridgehead atoms. The Labute approximate surface area is 190 Å². The third-order valence-corrected chi connectivity index (χ3v) is 5.45. The van der Waals surface area contributed by atoms with Gasteiger partial charge in [0.2, 0.25) is 11.2 Å². The Morgan fingerprint density at radius 1 is 0.848 bits per heavy atom. The van der Waals surface area contributed by atoms with E-state index in [0.717, 1.165) is 5.56 Å². The van der Waals surface area contributed by atoms with Crippen molar-refractivity contribution in [2.45, 2.75) is 19.0 Å². The van der Waals surface area contributed by atoms with Crippen LogP contribution in [0.2, 0.25) is 0 Å². The summed E-state index contributed by atoms with van der Waals surface area (Å²) in [5, 5.41) is 3.35. The molecule has 2 N–H and O–H groups in total. The van der Waals surface area contributed by atoms with E-state index < -0.39 is 16.9 Å². The molecule has 0 aliphatic heterocycles. The summed E-state index contributed by atoms with van der Waals surface area (Å²) in [5.41, 5.74) is 3.67. The van der Waals surface area contributed by atoms with Gasteiger partial charge in [0.15, 0.2) is 0 Å². The number of nitrogens with one attached hydrogen (secondary N) is 2. The monoisotopic (exact) mass is 446 g/mol. The molecule has 0 saturated carbocycles. The maximum atomic E-state index is 13.8. The zero-order valence-corrected chi connectivity index (χ0v) is 18.2. The maximum absolute atomic E-state index is 13.8. The average Bonchev–Trinajstić information content (AvgIpc) is 2.85. The van der Waals surface area contributed by atoms with E-state index in [1.54, 1.807) is 55.6 Å². The van der Waals surface area contributed by atoms with Gasteiger partial charge in [-0.3, -0.25) is 14.9 Å². The normalized spacial score (nSPS) is 12.8. The second-order valence-electron chi connectivity index (χ2n) is 7.62. The van der Waals surface area contributed by atoms with E-state index in [1.165, 1.54) is 12.1 Å². The molecule has 33 heavy (non-hydrogen) atoms. The fourth-order valence-corrected chi connectivity index (χ4v) is 3.63. The standard InChI is InChI=1S/C26H23FN2O4/c1-16(18-7-6-8-19(27)15-18)28-23(17-11-13-21(32-2)14-12-17)22-24(30)25(31)26(22)33-29-20-9-4-3-5-10-20/h3-16,23,28-29H,1-2H3/t16-,23?/m1/s1. The van der Waals surface area contributed by atoms with Gasteiger partial charge in [0.1, 0.15) is 11.6 Å². The van der Waals surface area contributed by atoms with Crippen LogP contribution in [0.1, 0.15) is 35.7 Å². The van der Waals surface area contributed by atoms with Crippen molar-refractivity contribution in [1.29, 1.82) is 0 Å². The van der Waals surface area contributed by atoms with Crippen molar-refractivity contribution in [2.24, 2.45) is 0 Å². The Bertz CT molecular complexity index is 1300. The van der Waals surface area contributed by atoms with Gasteiger partial charge in [0.05, 0.1) is 24.4 Å². The van der Waals surface area contributed by atoms with E-state index in [2.05, 4.69) is 10.8 Å². The third-order valence-electron chi connectivity index (χ3n) is 5.45. The largest absolute Gasteiger partial charge is 0.497 e. The molecule has 0 aromatic heterocycles. The number of para-hydroxylation sites is 1. The zero-order valence-electron chi connectivity index (χ0n) is 18.2. The van der Waals surface area contributed by atoms with Gasteiger partial charge in [0, 0.05) is 6.04 Å². The van der Waals surface area contributed by atoms with Crippen molar-refractivity contribution in [1.82, 2.24) is 5.32 Å². The molecule has 7 heteroatoms. The Hall–Kier alpha value is -3.97. The summed E-state index contributed by atoms with van der Waals surface area (Å²) >= 11 is 0. The molecule has 1 unspecified atom stereocenters. The van der Waals surface area contributed by atoms with Gasteiger partial charge in [-0.2, -0.15) is 0 Å². The van der Waals surface area contributed by atoms with E-state index in [0.29, 0.717) is 17.0 Å². The van der Waals surface area contributed by atoms with Gasteiger partial charge in [0.25, 0.3) is 5.43 Å². The summed E-state index contributed by atoms with van der Waals surface area (Å²) < 4.78 is 19.0. The van der Waals surface area contributed by atoms with Gasteiger partial charge < -0.3 is 9.57 Å². The van der Waals surface area contributed by atoms with Crippen LogP contribution in [-0.4, -0.2) is 7.11 Å².